The molecule has 1 amide bonds. The lowest BCUT2D eigenvalue weighted by atomic mass is 9.92. The Hall–Kier alpha value is -1.55. The number of halogens is 1. The number of hydrogen-bond donors (Lipinski definition) is 1. The molecule has 102 valence electrons. The molecular formula is C14H16ClNO3. The van der Waals surface area contributed by atoms with E-state index in [1.165, 1.54) is 0 Å². The lowest BCUT2D eigenvalue weighted by Gasteiger charge is -2.28. The van der Waals surface area contributed by atoms with Gasteiger partial charge in [-0.1, -0.05) is 30.7 Å². The van der Waals surface area contributed by atoms with E-state index in [9.17, 15) is 9.59 Å². The van der Waals surface area contributed by atoms with Crippen molar-refractivity contribution in [1.29, 1.82) is 0 Å². The summed E-state index contributed by atoms with van der Waals surface area (Å²) >= 11 is 5.86. The van der Waals surface area contributed by atoms with Gasteiger partial charge in [0.05, 0.1) is 13.0 Å². The summed E-state index contributed by atoms with van der Waals surface area (Å²) in [6.07, 6.45) is 1.23. The monoisotopic (exact) mass is 281 g/mol. The topological polar surface area (TPSA) is 55.4 Å². The fourth-order valence-electron chi connectivity index (χ4n) is 2.19. The molecule has 0 aromatic heterocycles. The maximum Gasteiger partial charge on any atom is 0.306 e. The standard InChI is InChI=1S/C14H16ClNO3/c1-2-3-13(18)19-14(8-12(17)16-9-14)10-4-6-11(15)7-5-10/h4-7H,2-3,8-9H2,1H3,(H,16,17). The lowest BCUT2D eigenvalue weighted by Crippen LogP contribution is -2.34. The van der Waals surface area contributed by atoms with Crippen molar-refractivity contribution in [3.63, 3.8) is 0 Å². The van der Waals surface area contributed by atoms with Crippen LogP contribution < -0.4 is 5.32 Å². The first-order valence-electron chi connectivity index (χ1n) is 6.30. The van der Waals surface area contributed by atoms with E-state index in [2.05, 4.69) is 5.32 Å². The van der Waals surface area contributed by atoms with Gasteiger partial charge in [-0.15, -0.1) is 0 Å². The van der Waals surface area contributed by atoms with E-state index in [0.29, 0.717) is 18.0 Å². The first-order valence-corrected chi connectivity index (χ1v) is 6.68. The van der Waals surface area contributed by atoms with Crippen LogP contribution in [0.5, 0.6) is 0 Å². The molecule has 19 heavy (non-hydrogen) atoms. The van der Waals surface area contributed by atoms with Crippen molar-refractivity contribution in [3.05, 3.63) is 34.9 Å². The van der Waals surface area contributed by atoms with Crippen LogP contribution in [0.3, 0.4) is 0 Å². The van der Waals surface area contributed by atoms with Gasteiger partial charge in [0.25, 0.3) is 0 Å². The predicted molar refractivity (Wildman–Crippen MR) is 71.8 cm³/mol. The summed E-state index contributed by atoms with van der Waals surface area (Å²) in [5.41, 5.74) is -0.104. The SMILES string of the molecule is CCCC(=O)OC1(c2ccc(Cl)cc2)CNC(=O)C1. The van der Waals surface area contributed by atoms with Crippen LogP contribution in [-0.4, -0.2) is 18.4 Å². The van der Waals surface area contributed by atoms with Gasteiger partial charge in [-0.3, -0.25) is 9.59 Å². The molecule has 2 rings (SSSR count). The van der Waals surface area contributed by atoms with E-state index < -0.39 is 5.60 Å². The third-order valence-electron chi connectivity index (χ3n) is 3.15. The van der Waals surface area contributed by atoms with Gasteiger partial charge < -0.3 is 10.1 Å². The summed E-state index contributed by atoms with van der Waals surface area (Å²) < 4.78 is 5.57. The highest BCUT2D eigenvalue weighted by Crippen LogP contribution is 2.34. The number of carbonyl (C=O) groups excluding carboxylic acids is 2. The molecule has 1 aliphatic heterocycles. The molecule has 1 aliphatic rings. The van der Waals surface area contributed by atoms with Crippen molar-refractivity contribution in [1.82, 2.24) is 5.32 Å². The normalized spacial score (nSPS) is 22.1. The second kappa shape index (κ2) is 5.61. The van der Waals surface area contributed by atoms with Crippen LogP contribution in [0.25, 0.3) is 0 Å². The van der Waals surface area contributed by atoms with Crippen LogP contribution >= 0.6 is 11.6 Å². The molecule has 0 radical (unpaired) electrons. The minimum atomic E-state index is -0.895. The molecule has 4 nitrogen and oxygen atoms in total. The van der Waals surface area contributed by atoms with Gasteiger partial charge in [0.2, 0.25) is 5.91 Å². The summed E-state index contributed by atoms with van der Waals surface area (Å²) in [6, 6.07) is 7.05. The first-order chi connectivity index (χ1) is 9.05. The van der Waals surface area contributed by atoms with Crippen LogP contribution in [0.4, 0.5) is 0 Å². The van der Waals surface area contributed by atoms with Gasteiger partial charge >= 0.3 is 5.97 Å². The number of carbonyl (C=O) groups is 2. The second-order valence-corrected chi connectivity index (χ2v) is 5.12. The Morgan fingerprint density at radius 1 is 1.42 bits per heavy atom. The Kier molecular flexibility index (Phi) is 4.10. The van der Waals surface area contributed by atoms with E-state index >= 15 is 0 Å². The smallest absolute Gasteiger partial charge is 0.306 e. The molecule has 1 heterocycles. The first kappa shape index (κ1) is 13.9. The molecule has 1 aromatic carbocycles. The molecule has 0 bridgehead atoms. The Labute approximate surface area is 117 Å². The van der Waals surface area contributed by atoms with Gasteiger partial charge in [-0.25, -0.2) is 0 Å². The minimum Gasteiger partial charge on any atom is -0.452 e. The van der Waals surface area contributed by atoms with Crippen LogP contribution in [-0.2, 0) is 19.9 Å². The van der Waals surface area contributed by atoms with E-state index in [4.69, 9.17) is 16.3 Å². The number of ether oxygens (including phenoxy) is 1. The van der Waals surface area contributed by atoms with E-state index in [1.54, 1.807) is 24.3 Å². The van der Waals surface area contributed by atoms with Crippen molar-refractivity contribution in [2.24, 2.45) is 0 Å². The van der Waals surface area contributed by atoms with Crippen molar-refractivity contribution < 1.29 is 14.3 Å². The molecule has 5 heteroatoms. The Balaban J connectivity index is 2.27. The predicted octanol–water partition coefficient (Wildman–Crippen LogP) is 2.40. The zero-order valence-corrected chi connectivity index (χ0v) is 11.5. The maximum absolute atomic E-state index is 11.8. The van der Waals surface area contributed by atoms with Crippen molar-refractivity contribution >= 4 is 23.5 Å². The van der Waals surface area contributed by atoms with Gasteiger partial charge in [0, 0.05) is 11.4 Å². The summed E-state index contributed by atoms with van der Waals surface area (Å²) in [5, 5.41) is 3.33. The Morgan fingerprint density at radius 3 is 2.63 bits per heavy atom. The van der Waals surface area contributed by atoms with Gasteiger partial charge in [-0.05, 0) is 24.1 Å². The highest BCUT2D eigenvalue weighted by atomic mass is 35.5. The molecular weight excluding hydrogens is 266 g/mol. The van der Waals surface area contributed by atoms with Gasteiger partial charge in [-0.2, -0.15) is 0 Å². The average Bonchev–Trinajstić information content (AvgIpc) is 2.73. The molecule has 0 aliphatic carbocycles. The molecule has 1 atom stereocenters. The van der Waals surface area contributed by atoms with Crippen molar-refractivity contribution in [2.45, 2.75) is 31.8 Å². The summed E-state index contributed by atoms with van der Waals surface area (Å²) in [7, 11) is 0. The third-order valence-corrected chi connectivity index (χ3v) is 3.40. The van der Waals surface area contributed by atoms with Crippen molar-refractivity contribution in [3.8, 4) is 0 Å². The molecule has 0 saturated carbocycles. The highest BCUT2D eigenvalue weighted by Gasteiger charge is 2.43. The number of amides is 1. The number of nitrogens with one attached hydrogen (secondary N) is 1. The Morgan fingerprint density at radius 2 is 2.11 bits per heavy atom. The van der Waals surface area contributed by atoms with Crippen LogP contribution in [0, 0.1) is 0 Å². The van der Waals surface area contributed by atoms with Gasteiger partial charge in [0.1, 0.15) is 0 Å². The van der Waals surface area contributed by atoms with Crippen molar-refractivity contribution in [2.75, 3.05) is 6.54 Å². The van der Waals surface area contributed by atoms with E-state index in [-0.39, 0.29) is 18.3 Å². The Bertz CT molecular complexity index is 486. The lowest BCUT2D eigenvalue weighted by molar-refractivity contribution is -0.159. The summed E-state index contributed by atoms with van der Waals surface area (Å²) in [6.45, 7) is 2.22. The summed E-state index contributed by atoms with van der Waals surface area (Å²) in [5.74, 6) is -0.395. The fraction of sp³-hybridized carbons (Fsp3) is 0.429. The number of rotatable bonds is 4. The van der Waals surface area contributed by atoms with Crippen LogP contribution in [0.1, 0.15) is 31.7 Å². The highest BCUT2D eigenvalue weighted by molar-refractivity contribution is 6.30. The number of benzene rings is 1. The molecule has 1 saturated heterocycles. The zero-order valence-electron chi connectivity index (χ0n) is 10.7. The van der Waals surface area contributed by atoms with Crippen LogP contribution in [0.15, 0.2) is 24.3 Å². The largest absolute Gasteiger partial charge is 0.452 e. The summed E-state index contributed by atoms with van der Waals surface area (Å²) in [4.78, 5) is 23.3. The molecule has 1 fully saturated rings. The number of esters is 1. The average molecular weight is 282 g/mol. The fourth-order valence-corrected chi connectivity index (χ4v) is 2.31. The molecule has 1 unspecified atom stereocenters. The molecule has 1 N–H and O–H groups in total. The maximum atomic E-state index is 11.8. The zero-order chi connectivity index (χ0) is 13.9. The molecule has 1 aromatic rings. The quantitative estimate of drug-likeness (QED) is 0.862. The number of hydrogen-bond acceptors (Lipinski definition) is 3. The third kappa shape index (κ3) is 3.07. The minimum absolute atomic E-state index is 0.112. The second-order valence-electron chi connectivity index (χ2n) is 4.68. The van der Waals surface area contributed by atoms with E-state index in [0.717, 1.165) is 12.0 Å². The van der Waals surface area contributed by atoms with Gasteiger partial charge in [0.15, 0.2) is 5.60 Å². The van der Waals surface area contributed by atoms with Crippen LogP contribution in [0.2, 0.25) is 5.02 Å². The molecule has 0 spiro atoms. The van der Waals surface area contributed by atoms with E-state index in [1.807, 2.05) is 6.92 Å².